The van der Waals surface area contributed by atoms with Gasteiger partial charge in [0.25, 0.3) is 5.91 Å². The predicted octanol–water partition coefficient (Wildman–Crippen LogP) is 5.29. The van der Waals surface area contributed by atoms with Crippen molar-refractivity contribution in [2.45, 2.75) is 45.4 Å². The van der Waals surface area contributed by atoms with Crippen LogP contribution in [0, 0.1) is 0 Å². The third-order valence-corrected chi connectivity index (χ3v) is 6.04. The normalized spacial score (nSPS) is 11.7. The molecule has 37 heavy (non-hydrogen) atoms. The first-order valence-electron chi connectivity index (χ1n) is 12.6. The van der Waals surface area contributed by atoms with Gasteiger partial charge in [-0.3, -0.25) is 9.59 Å². The highest BCUT2D eigenvalue weighted by Crippen LogP contribution is 2.23. The van der Waals surface area contributed by atoms with Crippen molar-refractivity contribution >= 4 is 23.4 Å². The van der Waals surface area contributed by atoms with Crippen LogP contribution in [0.5, 0.6) is 5.75 Å². The topological polar surface area (TPSA) is 67.9 Å². The molecular weight excluding hydrogens is 488 g/mol. The largest absolute Gasteiger partial charge is 0.482 e. The molecule has 196 valence electrons. The highest BCUT2D eigenvalue weighted by Gasteiger charge is 2.30. The van der Waals surface area contributed by atoms with Gasteiger partial charge in [0.2, 0.25) is 5.91 Å². The lowest BCUT2D eigenvalue weighted by Gasteiger charge is -2.31. The molecule has 3 aromatic rings. The van der Waals surface area contributed by atoms with Crippen molar-refractivity contribution in [2.24, 2.45) is 0 Å². The van der Waals surface area contributed by atoms with Gasteiger partial charge in [-0.05, 0) is 43.5 Å². The molecule has 0 heterocycles. The van der Waals surface area contributed by atoms with Crippen molar-refractivity contribution in [3.63, 3.8) is 0 Å². The van der Waals surface area contributed by atoms with E-state index in [2.05, 4.69) is 5.32 Å². The monoisotopic (exact) mass is 522 g/mol. The molecule has 0 spiro atoms. The van der Waals surface area contributed by atoms with E-state index in [0.29, 0.717) is 36.8 Å². The Kier molecular flexibility index (Phi) is 11.5. The minimum absolute atomic E-state index is 0.138. The van der Waals surface area contributed by atoms with E-state index in [1.54, 1.807) is 29.2 Å². The Balaban J connectivity index is 1.81. The van der Waals surface area contributed by atoms with E-state index < -0.39 is 6.04 Å². The van der Waals surface area contributed by atoms with Crippen LogP contribution in [0.25, 0.3) is 0 Å². The Labute approximate surface area is 224 Å². The fourth-order valence-electron chi connectivity index (χ4n) is 3.84. The Morgan fingerprint density at radius 3 is 2.16 bits per heavy atom. The van der Waals surface area contributed by atoms with Gasteiger partial charge in [-0.2, -0.15) is 0 Å². The minimum atomic E-state index is -0.726. The molecule has 0 aliphatic heterocycles. The summed E-state index contributed by atoms with van der Waals surface area (Å²) in [6.45, 7) is 5.00. The smallest absolute Gasteiger partial charge is 0.261 e. The maximum absolute atomic E-state index is 13.6. The van der Waals surface area contributed by atoms with Gasteiger partial charge < -0.3 is 19.7 Å². The molecule has 0 aliphatic carbocycles. The summed E-state index contributed by atoms with van der Waals surface area (Å²) in [6, 6.07) is 25.6. The average molecular weight is 523 g/mol. The molecule has 3 rings (SSSR count). The molecule has 0 saturated heterocycles. The highest BCUT2D eigenvalue weighted by molar-refractivity contribution is 6.32. The summed E-state index contributed by atoms with van der Waals surface area (Å²) < 4.78 is 11.3. The number of hydrogen-bond donors (Lipinski definition) is 1. The van der Waals surface area contributed by atoms with Crippen molar-refractivity contribution in [1.29, 1.82) is 0 Å². The number of para-hydroxylation sites is 1. The summed E-state index contributed by atoms with van der Waals surface area (Å²) in [5.74, 6) is -0.0928. The zero-order chi connectivity index (χ0) is 26.5. The molecule has 0 aromatic heterocycles. The van der Waals surface area contributed by atoms with Crippen LogP contribution in [-0.4, -0.2) is 48.6 Å². The van der Waals surface area contributed by atoms with Crippen molar-refractivity contribution in [3.8, 4) is 5.75 Å². The molecule has 0 fully saturated rings. The number of amides is 2. The molecule has 3 aromatic carbocycles. The van der Waals surface area contributed by atoms with Crippen molar-refractivity contribution < 1.29 is 19.1 Å². The number of nitrogens with one attached hydrogen (secondary N) is 1. The maximum atomic E-state index is 13.6. The van der Waals surface area contributed by atoms with Crippen molar-refractivity contribution in [2.75, 3.05) is 19.8 Å². The number of hydrogen-bond acceptors (Lipinski definition) is 4. The number of carbonyl (C=O) groups is 2. The highest BCUT2D eigenvalue weighted by atomic mass is 35.5. The van der Waals surface area contributed by atoms with Crippen molar-refractivity contribution in [1.82, 2.24) is 10.2 Å². The molecule has 0 aliphatic rings. The van der Waals surface area contributed by atoms with Crippen LogP contribution < -0.4 is 10.1 Å². The quantitative estimate of drug-likeness (QED) is 0.292. The van der Waals surface area contributed by atoms with E-state index in [4.69, 9.17) is 21.1 Å². The van der Waals surface area contributed by atoms with E-state index in [9.17, 15) is 9.59 Å². The van der Waals surface area contributed by atoms with Gasteiger partial charge in [0.05, 0.1) is 11.1 Å². The van der Waals surface area contributed by atoms with Crippen LogP contribution in [0.2, 0.25) is 5.02 Å². The second-order valence-electron chi connectivity index (χ2n) is 9.00. The average Bonchev–Trinajstić information content (AvgIpc) is 2.90. The standard InChI is InChI=1S/C30H35ClN2O4/c1-23(2)36-19-11-18-32-30(35)27(20-24-12-5-3-6-13-24)33(21-25-14-7-4-8-15-25)29(34)22-37-28-17-10-9-16-26(28)31/h3-10,12-17,23,27H,11,18-22H2,1-2H3,(H,32,35)/t27-/m1/s1. The zero-order valence-corrected chi connectivity index (χ0v) is 22.2. The molecular formula is C30H35ClN2O4. The van der Waals surface area contributed by atoms with E-state index in [-0.39, 0.29) is 31.1 Å². The summed E-state index contributed by atoms with van der Waals surface area (Å²) in [7, 11) is 0. The summed E-state index contributed by atoms with van der Waals surface area (Å²) >= 11 is 6.22. The van der Waals surface area contributed by atoms with Crippen LogP contribution in [0.15, 0.2) is 84.9 Å². The lowest BCUT2D eigenvalue weighted by atomic mass is 10.0. The van der Waals surface area contributed by atoms with Crippen LogP contribution in [0.3, 0.4) is 0 Å². The number of benzene rings is 3. The van der Waals surface area contributed by atoms with Crippen LogP contribution >= 0.6 is 11.6 Å². The summed E-state index contributed by atoms with van der Waals surface area (Å²) in [6.07, 6.45) is 1.20. The number of nitrogens with zero attached hydrogens (tertiary/aromatic N) is 1. The number of halogens is 1. The lowest BCUT2D eigenvalue weighted by molar-refractivity contribution is -0.142. The minimum Gasteiger partial charge on any atom is -0.482 e. The van der Waals surface area contributed by atoms with Gasteiger partial charge in [0.15, 0.2) is 6.61 Å². The molecule has 0 saturated carbocycles. The molecule has 1 N–H and O–H groups in total. The Bertz CT molecular complexity index is 1110. The van der Waals surface area contributed by atoms with Crippen LogP contribution in [0.4, 0.5) is 0 Å². The molecule has 0 unspecified atom stereocenters. The maximum Gasteiger partial charge on any atom is 0.261 e. The molecule has 1 atom stereocenters. The lowest BCUT2D eigenvalue weighted by Crippen LogP contribution is -2.52. The SMILES string of the molecule is CC(C)OCCCNC(=O)[C@@H](Cc1ccccc1)N(Cc1ccccc1)C(=O)COc1ccccc1Cl. The van der Waals surface area contributed by atoms with Crippen molar-refractivity contribution in [3.05, 3.63) is 101 Å². The van der Waals surface area contributed by atoms with Crippen LogP contribution in [-0.2, 0) is 27.3 Å². The fraction of sp³-hybridized carbons (Fsp3) is 0.333. The van der Waals surface area contributed by atoms with E-state index in [1.807, 2.05) is 74.5 Å². The Morgan fingerprint density at radius 2 is 1.51 bits per heavy atom. The summed E-state index contributed by atoms with van der Waals surface area (Å²) in [5.41, 5.74) is 1.88. The van der Waals surface area contributed by atoms with Gasteiger partial charge >= 0.3 is 0 Å². The molecule has 0 bridgehead atoms. The second-order valence-corrected chi connectivity index (χ2v) is 9.40. The number of ether oxygens (including phenoxy) is 2. The molecule has 0 radical (unpaired) electrons. The predicted molar refractivity (Wildman–Crippen MR) is 147 cm³/mol. The molecule has 7 heteroatoms. The van der Waals surface area contributed by atoms with E-state index >= 15 is 0 Å². The zero-order valence-electron chi connectivity index (χ0n) is 21.4. The van der Waals surface area contributed by atoms with Gasteiger partial charge in [0, 0.05) is 26.1 Å². The van der Waals surface area contributed by atoms with Gasteiger partial charge in [-0.25, -0.2) is 0 Å². The van der Waals surface area contributed by atoms with E-state index in [1.165, 1.54) is 0 Å². The first-order chi connectivity index (χ1) is 17.9. The first kappa shape index (κ1) is 28.2. The van der Waals surface area contributed by atoms with Gasteiger partial charge in [-0.15, -0.1) is 0 Å². The van der Waals surface area contributed by atoms with Gasteiger partial charge in [-0.1, -0.05) is 84.4 Å². The fourth-order valence-corrected chi connectivity index (χ4v) is 4.03. The molecule has 2 amide bonds. The summed E-state index contributed by atoms with van der Waals surface area (Å²) in [4.78, 5) is 28.7. The third kappa shape index (κ3) is 9.56. The Hall–Kier alpha value is -3.35. The first-order valence-corrected chi connectivity index (χ1v) is 13.0. The Morgan fingerprint density at radius 1 is 0.892 bits per heavy atom. The van der Waals surface area contributed by atoms with E-state index in [0.717, 1.165) is 11.1 Å². The second kappa shape index (κ2) is 15.0. The molecule has 6 nitrogen and oxygen atoms in total. The van der Waals surface area contributed by atoms with Crippen LogP contribution in [0.1, 0.15) is 31.4 Å². The van der Waals surface area contributed by atoms with Gasteiger partial charge in [0.1, 0.15) is 11.8 Å². The number of carbonyl (C=O) groups excluding carboxylic acids is 2. The third-order valence-electron chi connectivity index (χ3n) is 5.73. The number of rotatable bonds is 14. The summed E-state index contributed by atoms with van der Waals surface area (Å²) in [5, 5.41) is 3.43.